The molecule has 0 fully saturated rings. The Morgan fingerprint density at radius 2 is 2.06 bits per heavy atom. The summed E-state index contributed by atoms with van der Waals surface area (Å²) in [5.74, 6) is 0.520. The van der Waals surface area contributed by atoms with Gasteiger partial charge in [0.25, 0.3) is 0 Å². The minimum absolute atomic E-state index is 0.374. The SMILES string of the molecule is CC(C)(C)CCOCCCCc1nc(CCl)cs1. The van der Waals surface area contributed by atoms with Crippen LogP contribution in [0, 0.1) is 5.41 Å². The van der Waals surface area contributed by atoms with Crippen molar-refractivity contribution in [3.63, 3.8) is 0 Å². The zero-order valence-corrected chi connectivity index (χ0v) is 13.2. The number of unbranched alkanes of at least 4 members (excludes halogenated alkanes) is 1. The number of thiazole rings is 1. The van der Waals surface area contributed by atoms with Crippen molar-refractivity contribution >= 4 is 22.9 Å². The van der Waals surface area contributed by atoms with Gasteiger partial charge >= 0.3 is 0 Å². The standard InChI is InChI=1S/C14H24ClNOS/c1-14(2,3)7-9-17-8-5-4-6-13-16-12(10-15)11-18-13/h11H,4-10H2,1-3H3. The van der Waals surface area contributed by atoms with Gasteiger partial charge in [0.15, 0.2) is 0 Å². The third-order valence-electron chi connectivity index (χ3n) is 2.66. The lowest BCUT2D eigenvalue weighted by molar-refractivity contribution is 0.105. The molecule has 0 saturated heterocycles. The monoisotopic (exact) mass is 289 g/mol. The molecule has 0 aromatic carbocycles. The summed E-state index contributed by atoms with van der Waals surface area (Å²) in [6, 6.07) is 0. The van der Waals surface area contributed by atoms with Gasteiger partial charge in [-0.05, 0) is 31.1 Å². The summed E-state index contributed by atoms with van der Waals surface area (Å²) in [6.07, 6.45) is 4.42. The van der Waals surface area contributed by atoms with Crippen LogP contribution in [0.15, 0.2) is 5.38 Å². The van der Waals surface area contributed by atoms with E-state index in [1.54, 1.807) is 11.3 Å². The van der Waals surface area contributed by atoms with Gasteiger partial charge in [-0.3, -0.25) is 0 Å². The number of alkyl halides is 1. The Labute approximate surface area is 120 Å². The fourth-order valence-corrected chi connectivity index (χ4v) is 2.55. The van der Waals surface area contributed by atoms with Gasteiger partial charge in [0.1, 0.15) is 0 Å². The molecule has 0 atom stereocenters. The molecule has 0 spiro atoms. The molecule has 0 aliphatic carbocycles. The normalized spacial score (nSPS) is 12.0. The molecule has 2 nitrogen and oxygen atoms in total. The smallest absolute Gasteiger partial charge is 0.0928 e. The fraction of sp³-hybridized carbons (Fsp3) is 0.786. The van der Waals surface area contributed by atoms with Gasteiger partial charge in [-0.1, -0.05) is 20.8 Å². The molecule has 18 heavy (non-hydrogen) atoms. The molecule has 0 saturated carbocycles. The molecule has 1 aromatic rings. The van der Waals surface area contributed by atoms with Crippen molar-refractivity contribution in [3.8, 4) is 0 Å². The molecule has 4 heteroatoms. The van der Waals surface area contributed by atoms with Crippen LogP contribution in [0.2, 0.25) is 0 Å². The molecule has 0 unspecified atom stereocenters. The highest BCUT2D eigenvalue weighted by Crippen LogP contribution is 2.18. The number of rotatable bonds is 8. The molecular formula is C14H24ClNOS. The fourth-order valence-electron chi connectivity index (χ4n) is 1.49. The average Bonchev–Trinajstić information content (AvgIpc) is 2.74. The van der Waals surface area contributed by atoms with Crippen LogP contribution in [0.5, 0.6) is 0 Å². The maximum atomic E-state index is 5.72. The zero-order chi connectivity index (χ0) is 13.4. The molecule has 0 N–H and O–H groups in total. The first-order valence-corrected chi connectivity index (χ1v) is 8.00. The maximum Gasteiger partial charge on any atom is 0.0928 e. The van der Waals surface area contributed by atoms with Gasteiger partial charge in [0, 0.05) is 18.6 Å². The molecule has 1 heterocycles. The predicted molar refractivity (Wildman–Crippen MR) is 79.5 cm³/mol. The minimum Gasteiger partial charge on any atom is -0.381 e. The summed E-state index contributed by atoms with van der Waals surface area (Å²) in [5, 5.41) is 3.24. The lowest BCUT2D eigenvalue weighted by atomic mass is 9.93. The minimum atomic E-state index is 0.374. The Morgan fingerprint density at radius 3 is 2.67 bits per heavy atom. The molecule has 1 aromatic heterocycles. The van der Waals surface area contributed by atoms with E-state index in [0.717, 1.165) is 44.6 Å². The molecular weight excluding hydrogens is 266 g/mol. The van der Waals surface area contributed by atoms with E-state index < -0.39 is 0 Å². The van der Waals surface area contributed by atoms with Crippen LogP contribution in [-0.4, -0.2) is 18.2 Å². The van der Waals surface area contributed by atoms with Gasteiger partial charge in [0.05, 0.1) is 16.6 Å². The van der Waals surface area contributed by atoms with Gasteiger partial charge in [0.2, 0.25) is 0 Å². The molecule has 1 rings (SSSR count). The van der Waals surface area contributed by atoms with E-state index in [2.05, 4.69) is 25.8 Å². The summed E-state index contributed by atoms with van der Waals surface area (Å²) in [6.45, 7) is 8.47. The summed E-state index contributed by atoms with van der Waals surface area (Å²) in [5.41, 5.74) is 1.37. The number of halogens is 1. The largest absolute Gasteiger partial charge is 0.381 e. The van der Waals surface area contributed by atoms with Gasteiger partial charge in [-0.15, -0.1) is 22.9 Å². The Kier molecular flexibility index (Phi) is 7.20. The van der Waals surface area contributed by atoms with E-state index in [1.165, 1.54) is 5.01 Å². The number of aromatic nitrogens is 1. The van der Waals surface area contributed by atoms with Crippen molar-refractivity contribution in [1.82, 2.24) is 4.98 Å². The summed E-state index contributed by atoms with van der Waals surface area (Å²) in [4.78, 5) is 4.44. The molecule has 0 radical (unpaired) electrons. The number of aryl methyl sites for hydroxylation is 1. The van der Waals surface area contributed by atoms with E-state index in [0.29, 0.717) is 11.3 Å². The van der Waals surface area contributed by atoms with Gasteiger partial charge < -0.3 is 4.74 Å². The molecule has 0 aliphatic rings. The van der Waals surface area contributed by atoms with Crippen molar-refractivity contribution in [3.05, 3.63) is 16.1 Å². The van der Waals surface area contributed by atoms with Crippen molar-refractivity contribution in [2.45, 2.75) is 52.3 Å². The van der Waals surface area contributed by atoms with Crippen molar-refractivity contribution < 1.29 is 4.74 Å². The van der Waals surface area contributed by atoms with E-state index in [4.69, 9.17) is 16.3 Å². The molecule has 0 aliphatic heterocycles. The maximum absolute atomic E-state index is 5.72. The Hall–Kier alpha value is -0.120. The average molecular weight is 290 g/mol. The zero-order valence-electron chi connectivity index (χ0n) is 11.7. The lowest BCUT2D eigenvalue weighted by Gasteiger charge is -2.17. The Balaban J connectivity index is 1.99. The molecule has 0 amide bonds. The van der Waals surface area contributed by atoms with E-state index in [1.807, 2.05) is 5.38 Å². The first-order valence-electron chi connectivity index (χ1n) is 6.58. The summed E-state index contributed by atoms with van der Waals surface area (Å²) >= 11 is 7.43. The number of nitrogens with zero attached hydrogens (tertiary/aromatic N) is 1. The van der Waals surface area contributed by atoms with E-state index in [9.17, 15) is 0 Å². The van der Waals surface area contributed by atoms with Crippen LogP contribution in [0.3, 0.4) is 0 Å². The quantitative estimate of drug-likeness (QED) is 0.513. The highest BCUT2D eigenvalue weighted by Gasteiger charge is 2.09. The highest BCUT2D eigenvalue weighted by molar-refractivity contribution is 7.09. The number of ether oxygens (including phenoxy) is 1. The van der Waals surface area contributed by atoms with Crippen molar-refractivity contribution in [2.75, 3.05) is 13.2 Å². The van der Waals surface area contributed by atoms with Crippen LogP contribution in [-0.2, 0) is 17.0 Å². The second-order valence-electron chi connectivity index (χ2n) is 5.75. The second-order valence-corrected chi connectivity index (χ2v) is 6.96. The highest BCUT2D eigenvalue weighted by atomic mass is 35.5. The first kappa shape index (κ1) is 15.9. The van der Waals surface area contributed by atoms with E-state index >= 15 is 0 Å². The first-order chi connectivity index (χ1) is 8.51. The van der Waals surface area contributed by atoms with Crippen LogP contribution >= 0.6 is 22.9 Å². The van der Waals surface area contributed by atoms with Crippen LogP contribution in [0.4, 0.5) is 0 Å². The third-order valence-corrected chi connectivity index (χ3v) is 3.89. The van der Waals surface area contributed by atoms with Crippen molar-refractivity contribution in [2.24, 2.45) is 5.41 Å². The Morgan fingerprint density at radius 1 is 1.28 bits per heavy atom. The van der Waals surface area contributed by atoms with Crippen LogP contribution in [0.1, 0.15) is 50.7 Å². The lowest BCUT2D eigenvalue weighted by Crippen LogP contribution is -2.10. The second kappa shape index (κ2) is 8.13. The van der Waals surface area contributed by atoms with Gasteiger partial charge in [-0.2, -0.15) is 0 Å². The summed E-state index contributed by atoms with van der Waals surface area (Å²) in [7, 11) is 0. The van der Waals surface area contributed by atoms with Crippen molar-refractivity contribution in [1.29, 1.82) is 0 Å². The predicted octanol–water partition coefficient (Wildman–Crippen LogP) is 4.66. The van der Waals surface area contributed by atoms with Gasteiger partial charge in [-0.25, -0.2) is 4.98 Å². The third kappa shape index (κ3) is 7.34. The van der Waals surface area contributed by atoms with E-state index in [-0.39, 0.29) is 0 Å². The number of hydrogen-bond acceptors (Lipinski definition) is 3. The van der Waals surface area contributed by atoms with Crippen LogP contribution < -0.4 is 0 Å². The summed E-state index contributed by atoms with van der Waals surface area (Å²) < 4.78 is 5.64. The molecule has 0 bridgehead atoms. The number of hydrogen-bond donors (Lipinski definition) is 0. The van der Waals surface area contributed by atoms with Crippen LogP contribution in [0.25, 0.3) is 0 Å². The molecule has 104 valence electrons. The Bertz CT molecular complexity index is 333. The topological polar surface area (TPSA) is 22.1 Å².